The van der Waals surface area contributed by atoms with Gasteiger partial charge in [-0.05, 0) is 0 Å². The van der Waals surface area contributed by atoms with Gasteiger partial charge in [0.05, 0.1) is 0 Å². The van der Waals surface area contributed by atoms with Gasteiger partial charge >= 0.3 is 101 Å². The zero-order chi connectivity index (χ0) is 21.2. The first-order valence-corrected chi connectivity index (χ1v) is 5.81. The molecular formula is C6H13Cl3N9Na3O8. The second kappa shape index (κ2) is 35.4. The Hall–Kier alpha value is 0.01000. The van der Waals surface area contributed by atoms with E-state index in [-0.39, 0.29) is 98.6 Å². The molecule has 0 radical (unpaired) electrons. The van der Waals surface area contributed by atoms with E-state index in [4.69, 9.17) is 33.9 Å². The quantitative estimate of drug-likeness (QED) is 0.134. The second-order valence-corrected chi connectivity index (χ2v) is 3.15. The Morgan fingerprint density at radius 1 is 0.897 bits per heavy atom. The van der Waals surface area contributed by atoms with Crippen LogP contribution in [0.15, 0.2) is 0 Å². The average molecular weight is 515 g/mol. The number of carbonyl (C=O) groups is 6. The van der Waals surface area contributed by atoms with Crippen LogP contribution in [0, 0.1) is 0 Å². The van der Waals surface area contributed by atoms with Crippen molar-refractivity contribution in [2.45, 2.75) is 0 Å². The number of hydrogen-bond acceptors (Lipinski definition) is 7. The Morgan fingerprint density at radius 3 is 1.24 bits per heavy atom. The van der Waals surface area contributed by atoms with E-state index in [0.29, 0.717) is 0 Å². The summed E-state index contributed by atoms with van der Waals surface area (Å²) in [5, 5.41) is 4.24. The third-order valence-electron chi connectivity index (χ3n) is 0.911. The topological polar surface area (TPSA) is 326 Å². The molecule has 154 valence electrons. The standard InChI is InChI=1S/2C2H4ClN3O2.C2H5N3O2.ClO.3Na.H2O/c3-6(1(4)7)2(5)8;3-6-2(8)5-1(4)7;3-1(6)5-2(4)7;1-2;;;;/h(H4,4,5,7,8);(H4,4,5,6,7,8);(H5,3,4,5,6,7);;;;;1H2/q;;;-1;3*+1;/p-2. The Bertz CT molecular complexity index is 464. The minimum absolute atomic E-state index is 0. The van der Waals surface area contributed by atoms with Crippen molar-refractivity contribution in [1.82, 2.24) is 14.6 Å². The summed E-state index contributed by atoms with van der Waals surface area (Å²) in [4.78, 5) is 60.0. The van der Waals surface area contributed by atoms with Crippen LogP contribution in [0.4, 0.5) is 28.8 Å². The summed E-state index contributed by atoms with van der Waals surface area (Å²) >= 11 is 12.9. The maximum atomic E-state index is 9.91. The van der Waals surface area contributed by atoms with E-state index in [0.717, 1.165) is 0 Å². The predicted octanol–water partition coefficient (Wildman–Crippen LogP) is -10.6. The van der Waals surface area contributed by atoms with E-state index in [2.05, 4.69) is 40.1 Å². The number of urea groups is 6. The van der Waals surface area contributed by atoms with Gasteiger partial charge in [0.2, 0.25) is 12.1 Å². The molecule has 13 N–H and O–H groups in total. The van der Waals surface area contributed by atoms with Crippen LogP contribution in [-0.4, -0.2) is 46.1 Å². The fourth-order valence-corrected chi connectivity index (χ4v) is 0.385. The summed E-state index contributed by atoms with van der Waals surface area (Å²) in [5.74, 6) is 0. The number of carbonyl (C=O) groups excluding carboxylic acids is 6. The SMILES string of the molecule is NC(=O)NC(N)=O.NC(=O)[N-]C(=O)NCl.O.[NH-]C(=O)N(Cl)C(N)=O.[Na+].[Na+].[Na+].[O-]Cl. The van der Waals surface area contributed by atoms with Crippen molar-refractivity contribution in [2.75, 3.05) is 0 Å². The van der Waals surface area contributed by atoms with Gasteiger partial charge in [-0.3, -0.25) is 34.2 Å². The van der Waals surface area contributed by atoms with Gasteiger partial charge in [-0.15, -0.1) is 0 Å². The number of amides is 12. The van der Waals surface area contributed by atoms with Crippen LogP contribution in [-0.2, 0) is 0 Å². The molecule has 0 aromatic carbocycles. The molecule has 0 atom stereocenters. The van der Waals surface area contributed by atoms with E-state index >= 15 is 0 Å². The molecule has 29 heavy (non-hydrogen) atoms. The molecule has 12 amide bonds. The average Bonchev–Trinajstić information content (AvgIpc) is 2.47. The van der Waals surface area contributed by atoms with Crippen molar-refractivity contribution < 1.29 is 128 Å². The molecule has 0 aliphatic rings. The minimum atomic E-state index is -1.33. The molecule has 17 nitrogen and oxygen atoms in total. The van der Waals surface area contributed by atoms with Gasteiger partial charge in [0.25, 0.3) is 6.03 Å². The van der Waals surface area contributed by atoms with E-state index in [1.54, 1.807) is 10.2 Å². The zero-order valence-corrected chi connectivity index (χ0v) is 23.5. The van der Waals surface area contributed by atoms with Gasteiger partial charge in [-0.1, -0.05) is 23.6 Å². The fourth-order valence-electron chi connectivity index (χ4n) is 0.343. The van der Waals surface area contributed by atoms with Crippen LogP contribution in [0.5, 0.6) is 0 Å². The summed E-state index contributed by atoms with van der Waals surface area (Å²) < 4.78 is 7.69. The number of primary amides is 4. The van der Waals surface area contributed by atoms with E-state index in [1.165, 1.54) is 0 Å². The van der Waals surface area contributed by atoms with Crippen LogP contribution in [0.2, 0.25) is 0 Å². The van der Waals surface area contributed by atoms with Crippen LogP contribution >= 0.6 is 35.4 Å². The molecule has 0 aliphatic heterocycles. The van der Waals surface area contributed by atoms with E-state index < -0.39 is 36.2 Å². The van der Waals surface area contributed by atoms with Gasteiger partial charge in [0.15, 0.2) is 6.03 Å². The van der Waals surface area contributed by atoms with Gasteiger partial charge in [-0.2, -0.15) is 0 Å². The van der Waals surface area contributed by atoms with E-state index in [9.17, 15) is 28.8 Å². The third-order valence-corrected chi connectivity index (χ3v) is 1.39. The summed E-state index contributed by atoms with van der Waals surface area (Å²) in [6, 6.07) is -6.38. The molecule has 0 aromatic rings. The molecule has 0 heterocycles. The van der Waals surface area contributed by atoms with Crippen molar-refractivity contribution in [3.05, 3.63) is 11.1 Å². The van der Waals surface area contributed by atoms with Crippen LogP contribution in [0.1, 0.15) is 0 Å². The van der Waals surface area contributed by atoms with Crippen molar-refractivity contribution >= 4 is 71.6 Å². The molecule has 0 saturated carbocycles. The summed E-state index contributed by atoms with van der Waals surface area (Å²) in [6.07, 6.45) is 0. The number of imide groups is 3. The van der Waals surface area contributed by atoms with E-state index in [1.807, 2.05) is 0 Å². The van der Waals surface area contributed by atoms with Crippen molar-refractivity contribution in [3.63, 3.8) is 0 Å². The zero-order valence-electron chi connectivity index (χ0n) is 15.2. The molecule has 0 unspecified atom stereocenters. The molecule has 0 rings (SSSR count). The van der Waals surface area contributed by atoms with Gasteiger partial charge in [0, 0.05) is 0 Å². The molecule has 0 aromatic heterocycles. The third kappa shape index (κ3) is 58.4. The normalized spacial score (nSPS) is 6.34. The summed E-state index contributed by atoms with van der Waals surface area (Å²) in [5.41, 5.74) is 23.9. The van der Waals surface area contributed by atoms with Crippen LogP contribution in [0.25, 0.3) is 11.1 Å². The first kappa shape index (κ1) is 51.6. The Balaban J connectivity index is -0.0000000342. The molecular weight excluding hydrogens is 501 g/mol. The maximum Gasteiger partial charge on any atom is 1.00 e. The molecule has 0 aliphatic carbocycles. The Kier molecular flexibility index (Phi) is 63.0. The molecule has 0 spiro atoms. The Labute approximate surface area is 244 Å². The summed E-state index contributed by atoms with van der Waals surface area (Å²) in [7, 11) is 0. The molecule has 0 fully saturated rings. The number of rotatable bonds is 0. The minimum Gasteiger partial charge on any atom is -0.769 e. The maximum absolute atomic E-state index is 9.91. The van der Waals surface area contributed by atoms with Gasteiger partial charge in [-0.25, -0.2) is 21.5 Å². The van der Waals surface area contributed by atoms with Crippen LogP contribution < -0.4 is 126 Å². The predicted molar refractivity (Wildman–Crippen MR) is 86.1 cm³/mol. The van der Waals surface area contributed by atoms with Gasteiger partial charge < -0.3 is 43.6 Å². The number of halogens is 3. The smallest absolute Gasteiger partial charge is 0.769 e. The number of hydrogen-bond donors (Lipinski definition) is 6. The molecule has 0 bridgehead atoms. The molecule has 23 heteroatoms. The fraction of sp³-hybridized carbons (Fsp3) is 0. The summed E-state index contributed by atoms with van der Waals surface area (Å²) in [6.45, 7) is 0. The monoisotopic (exact) mass is 513 g/mol. The van der Waals surface area contributed by atoms with Crippen LogP contribution in [0.3, 0.4) is 0 Å². The second-order valence-electron chi connectivity index (χ2n) is 2.63. The largest absolute Gasteiger partial charge is 1.00 e. The Morgan fingerprint density at radius 2 is 1.21 bits per heavy atom. The van der Waals surface area contributed by atoms with Crippen molar-refractivity contribution in [1.29, 1.82) is 0 Å². The van der Waals surface area contributed by atoms with Crippen molar-refractivity contribution in [2.24, 2.45) is 22.9 Å². The van der Waals surface area contributed by atoms with Crippen molar-refractivity contribution in [3.8, 4) is 0 Å². The number of nitrogens with zero attached hydrogens (tertiary/aromatic N) is 2. The first-order chi connectivity index (χ1) is 11.3. The molecule has 0 saturated heterocycles. The first-order valence-electron chi connectivity index (χ1n) is 4.79. The number of nitrogens with one attached hydrogen (secondary N) is 3. The number of nitrogens with two attached hydrogens (primary N) is 4. The van der Waals surface area contributed by atoms with Gasteiger partial charge in [0.1, 0.15) is 0 Å².